The molecular weight excluding hydrogens is 408 g/mol. The second kappa shape index (κ2) is 7.42. The molecule has 1 heterocycles. The normalized spacial score (nSPS) is 11.6. The molecular formula is C23H17F2NO3S. The second-order valence-electron chi connectivity index (χ2n) is 6.64. The van der Waals surface area contributed by atoms with Crippen molar-refractivity contribution in [1.82, 2.24) is 3.97 Å². The zero-order valence-electron chi connectivity index (χ0n) is 16.0. The van der Waals surface area contributed by atoms with Crippen LogP contribution in [0.1, 0.15) is 11.3 Å². The van der Waals surface area contributed by atoms with Gasteiger partial charge in [-0.1, -0.05) is 24.8 Å². The van der Waals surface area contributed by atoms with Crippen LogP contribution in [0.5, 0.6) is 5.75 Å². The Bertz CT molecular complexity index is 1380. The molecule has 0 atom stereocenters. The molecule has 7 heteroatoms. The molecule has 0 radical (unpaired) electrons. The first kappa shape index (κ1) is 19.8. The van der Waals surface area contributed by atoms with Gasteiger partial charge in [-0.05, 0) is 48.5 Å². The summed E-state index contributed by atoms with van der Waals surface area (Å²) in [6.07, 6.45) is 0. The Balaban J connectivity index is 2.02. The van der Waals surface area contributed by atoms with Crippen LogP contribution in [-0.4, -0.2) is 19.5 Å². The third-order valence-corrected chi connectivity index (χ3v) is 6.55. The summed E-state index contributed by atoms with van der Waals surface area (Å²) in [6.45, 7) is 3.91. The fourth-order valence-corrected chi connectivity index (χ4v) is 4.89. The molecule has 4 rings (SSSR count). The topological polar surface area (TPSA) is 48.3 Å². The van der Waals surface area contributed by atoms with Crippen molar-refractivity contribution in [1.29, 1.82) is 0 Å². The number of nitrogens with zero attached hydrogens (tertiary/aromatic N) is 1. The van der Waals surface area contributed by atoms with Crippen LogP contribution in [0, 0.1) is 11.6 Å². The number of hydrogen-bond donors (Lipinski definition) is 0. The fraction of sp³-hybridized carbons (Fsp3) is 0.0435. The number of fused-ring (bicyclic) bond motifs is 1. The molecule has 1 aromatic heterocycles. The lowest BCUT2D eigenvalue weighted by molar-refractivity contribution is 0.415. The fourth-order valence-electron chi connectivity index (χ4n) is 3.33. The summed E-state index contributed by atoms with van der Waals surface area (Å²) in [4.78, 5) is 0.0759. The van der Waals surface area contributed by atoms with Crippen LogP contribution in [-0.2, 0) is 10.0 Å². The number of hydrogen-bond acceptors (Lipinski definition) is 3. The van der Waals surface area contributed by atoms with E-state index in [1.54, 1.807) is 42.5 Å². The van der Waals surface area contributed by atoms with Crippen molar-refractivity contribution in [2.24, 2.45) is 0 Å². The van der Waals surface area contributed by atoms with Crippen LogP contribution >= 0.6 is 0 Å². The molecule has 0 spiro atoms. The minimum absolute atomic E-state index is 0.00989. The molecule has 0 fully saturated rings. The van der Waals surface area contributed by atoms with Gasteiger partial charge in [-0.2, -0.15) is 0 Å². The van der Waals surface area contributed by atoms with Gasteiger partial charge in [-0.15, -0.1) is 0 Å². The molecule has 4 aromatic rings. The van der Waals surface area contributed by atoms with Crippen molar-refractivity contribution >= 4 is 26.5 Å². The number of benzene rings is 3. The summed E-state index contributed by atoms with van der Waals surface area (Å²) < 4.78 is 61.2. The maximum absolute atomic E-state index is 14.4. The molecule has 0 saturated heterocycles. The van der Waals surface area contributed by atoms with E-state index in [0.29, 0.717) is 16.7 Å². The highest BCUT2D eigenvalue weighted by Crippen LogP contribution is 2.34. The highest BCUT2D eigenvalue weighted by molar-refractivity contribution is 7.90. The molecule has 4 nitrogen and oxygen atoms in total. The van der Waals surface area contributed by atoms with Crippen molar-refractivity contribution in [2.75, 3.05) is 7.11 Å². The average molecular weight is 425 g/mol. The van der Waals surface area contributed by atoms with Gasteiger partial charge in [-0.25, -0.2) is 21.2 Å². The van der Waals surface area contributed by atoms with E-state index in [-0.39, 0.29) is 21.7 Å². The highest BCUT2D eigenvalue weighted by atomic mass is 32.2. The van der Waals surface area contributed by atoms with Crippen LogP contribution in [0.15, 0.2) is 84.3 Å². The van der Waals surface area contributed by atoms with E-state index in [1.165, 1.54) is 25.3 Å². The van der Waals surface area contributed by atoms with Crippen LogP contribution in [0.25, 0.3) is 16.5 Å². The van der Waals surface area contributed by atoms with Gasteiger partial charge in [0.15, 0.2) is 0 Å². The predicted molar refractivity (Wildman–Crippen MR) is 112 cm³/mol. The van der Waals surface area contributed by atoms with Gasteiger partial charge in [-0.3, -0.25) is 0 Å². The summed E-state index contributed by atoms with van der Waals surface area (Å²) in [5.41, 5.74) is 0.684. The predicted octanol–water partition coefficient (Wildman–Crippen LogP) is 5.23. The van der Waals surface area contributed by atoms with Gasteiger partial charge >= 0.3 is 0 Å². The molecule has 0 aliphatic rings. The Morgan fingerprint density at radius 2 is 1.70 bits per heavy atom. The van der Waals surface area contributed by atoms with E-state index in [1.807, 2.05) is 0 Å². The van der Waals surface area contributed by atoms with E-state index < -0.39 is 21.7 Å². The third-order valence-electron chi connectivity index (χ3n) is 4.81. The van der Waals surface area contributed by atoms with Crippen LogP contribution in [0.4, 0.5) is 8.78 Å². The van der Waals surface area contributed by atoms with Crippen molar-refractivity contribution in [2.45, 2.75) is 4.90 Å². The first-order valence-electron chi connectivity index (χ1n) is 8.98. The molecule has 0 saturated carbocycles. The number of methoxy groups -OCH3 is 1. The molecule has 3 aromatic carbocycles. The van der Waals surface area contributed by atoms with E-state index in [2.05, 4.69) is 6.58 Å². The first-order valence-corrected chi connectivity index (χ1v) is 10.4. The lowest BCUT2D eigenvalue weighted by Gasteiger charge is -2.14. The molecule has 0 N–H and O–H groups in total. The number of rotatable bonds is 5. The Morgan fingerprint density at radius 3 is 2.37 bits per heavy atom. The molecule has 0 aliphatic carbocycles. The Hall–Kier alpha value is -3.45. The van der Waals surface area contributed by atoms with E-state index in [0.717, 1.165) is 16.1 Å². The molecule has 0 amide bonds. The van der Waals surface area contributed by atoms with Crippen LogP contribution in [0.3, 0.4) is 0 Å². The highest BCUT2D eigenvalue weighted by Gasteiger charge is 2.25. The summed E-state index contributed by atoms with van der Waals surface area (Å²) in [5, 5.41) is 0.576. The summed E-state index contributed by atoms with van der Waals surface area (Å²) >= 11 is 0. The minimum Gasteiger partial charge on any atom is -0.497 e. The Labute approximate surface area is 172 Å². The summed E-state index contributed by atoms with van der Waals surface area (Å²) in [6, 6.07) is 17.5. The largest absolute Gasteiger partial charge is 0.497 e. The van der Waals surface area contributed by atoms with Gasteiger partial charge in [0.25, 0.3) is 10.0 Å². The Kier molecular flexibility index (Phi) is 4.91. The maximum atomic E-state index is 14.4. The molecule has 30 heavy (non-hydrogen) atoms. The van der Waals surface area contributed by atoms with Gasteiger partial charge < -0.3 is 4.74 Å². The van der Waals surface area contributed by atoms with Gasteiger partial charge in [0, 0.05) is 22.6 Å². The second-order valence-corrected chi connectivity index (χ2v) is 8.43. The number of halogens is 2. The quantitative estimate of drug-likeness (QED) is 0.440. The lowest BCUT2D eigenvalue weighted by Crippen LogP contribution is -2.15. The summed E-state index contributed by atoms with van der Waals surface area (Å²) in [7, 11) is -2.52. The lowest BCUT2D eigenvalue weighted by atomic mass is 10.0. The van der Waals surface area contributed by atoms with E-state index in [4.69, 9.17) is 4.74 Å². The van der Waals surface area contributed by atoms with Crippen molar-refractivity contribution in [3.05, 3.63) is 102 Å². The maximum Gasteiger partial charge on any atom is 0.268 e. The van der Waals surface area contributed by atoms with Crippen LogP contribution < -0.4 is 4.74 Å². The zero-order valence-corrected chi connectivity index (χ0v) is 16.8. The number of ether oxygens (including phenoxy) is 1. The minimum atomic E-state index is -4.03. The first-order chi connectivity index (χ1) is 14.3. The molecule has 152 valence electrons. The van der Waals surface area contributed by atoms with E-state index in [9.17, 15) is 17.2 Å². The smallest absolute Gasteiger partial charge is 0.268 e. The summed E-state index contributed by atoms with van der Waals surface area (Å²) in [5.74, 6) is -1.01. The zero-order chi connectivity index (χ0) is 21.5. The van der Waals surface area contributed by atoms with Crippen LogP contribution in [0.2, 0.25) is 0 Å². The molecule has 0 aliphatic heterocycles. The standard InChI is InChI=1S/C23H17F2NO3S/c1-15(20-10-8-17(24)14-21(20)25)23-13-16-12-18(29-2)9-11-22(16)26(23)30(27,28)19-6-4-3-5-7-19/h3-14H,1H2,2H3. The van der Waals surface area contributed by atoms with Crippen molar-refractivity contribution < 1.29 is 21.9 Å². The van der Waals surface area contributed by atoms with Crippen molar-refractivity contribution in [3.63, 3.8) is 0 Å². The third kappa shape index (κ3) is 3.27. The SMILES string of the molecule is C=C(c1ccc(F)cc1F)c1cc2cc(OC)ccc2n1S(=O)(=O)c1ccccc1. The van der Waals surface area contributed by atoms with Crippen molar-refractivity contribution in [3.8, 4) is 5.75 Å². The van der Waals surface area contributed by atoms with Gasteiger partial charge in [0.05, 0.1) is 23.2 Å². The Morgan fingerprint density at radius 1 is 0.967 bits per heavy atom. The van der Waals surface area contributed by atoms with E-state index >= 15 is 0 Å². The molecule has 0 bridgehead atoms. The van der Waals surface area contributed by atoms with Gasteiger partial charge in [0.1, 0.15) is 17.4 Å². The molecule has 0 unspecified atom stereocenters. The number of aromatic nitrogens is 1. The van der Waals surface area contributed by atoms with Gasteiger partial charge in [0.2, 0.25) is 0 Å². The monoisotopic (exact) mass is 425 g/mol. The average Bonchev–Trinajstić information content (AvgIpc) is 3.13.